The van der Waals surface area contributed by atoms with Crippen molar-refractivity contribution in [2.45, 2.75) is 26.3 Å². The van der Waals surface area contributed by atoms with Gasteiger partial charge < -0.3 is 10.1 Å². The lowest BCUT2D eigenvalue weighted by Gasteiger charge is -2.20. The van der Waals surface area contributed by atoms with Crippen LogP contribution in [0.15, 0.2) is 30.3 Å². The van der Waals surface area contributed by atoms with Gasteiger partial charge in [0.05, 0.1) is 24.5 Å². The SMILES string of the molecule is CCc1nnc(C)cc1C(NC)c1ccc(OC)cc1. The molecule has 1 N–H and O–H groups in total. The predicted octanol–water partition coefficient (Wildman–Crippen LogP) is 2.66. The molecule has 0 spiro atoms. The summed E-state index contributed by atoms with van der Waals surface area (Å²) in [7, 11) is 3.64. The van der Waals surface area contributed by atoms with E-state index in [1.54, 1.807) is 7.11 Å². The summed E-state index contributed by atoms with van der Waals surface area (Å²) in [6, 6.07) is 10.3. The third-order valence-corrected chi connectivity index (χ3v) is 3.41. The average molecular weight is 271 g/mol. The molecule has 2 rings (SSSR count). The van der Waals surface area contributed by atoms with E-state index in [2.05, 4.69) is 40.6 Å². The number of methoxy groups -OCH3 is 1. The molecule has 1 aromatic heterocycles. The van der Waals surface area contributed by atoms with Crippen LogP contribution in [0.5, 0.6) is 5.75 Å². The molecular weight excluding hydrogens is 250 g/mol. The van der Waals surface area contributed by atoms with Crippen LogP contribution in [0.25, 0.3) is 0 Å². The number of benzene rings is 1. The highest BCUT2D eigenvalue weighted by molar-refractivity contribution is 5.37. The summed E-state index contributed by atoms with van der Waals surface area (Å²) in [4.78, 5) is 0. The molecule has 4 heteroatoms. The van der Waals surface area contributed by atoms with Crippen molar-refractivity contribution < 1.29 is 4.74 Å². The monoisotopic (exact) mass is 271 g/mol. The Balaban J connectivity index is 2.43. The number of ether oxygens (including phenoxy) is 1. The summed E-state index contributed by atoms with van der Waals surface area (Å²) in [6.45, 7) is 4.07. The molecule has 1 unspecified atom stereocenters. The van der Waals surface area contributed by atoms with Crippen molar-refractivity contribution >= 4 is 0 Å². The highest BCUT2D eigenvalue weighted by Gasteiger charge is 2.17. The Bertz CT molecular complexity index is 566. The Morgan fingerprint density at radius 3 is 2.45 bits per heavy atom. The first kappa shape index (κ1) is 14.5. The zero-order valence-corrected chi connectivity index (χ0v) is 12.5. The third kappa shape index (κ3) is 2.96. The van der Waals surface area contributed by atoms with Crippen LogP contribution < -0.4 is 10.1 Å². The Hall–Kier alpha value is -1.94. The molecule has 4 nitrogen and oxygen atoms in total. The maximum absolute atomic E-state index is 5.21. The first-order valence-electron chi connectivity index (χ1n) is 6.83. The number of hydrogen-bond donors (Lipinski definition) is 1. The van der Waals surface area contributed by atoms with Gasteiger partial charge in [0.25, 0.3) is 0 Å². The van der Waals surface area contributed by atoms with Crippen LogP contribution in [0.4, 0.5) is 0 Å². The molecule has 0 bridgehead atoms. The summed E-state index contributed by atoms with van der Waals surface area (Å²) in [5.41, 5.74) is 4.35. The van der Waals surface area contributed by atoms with E-state index in [-0.39, 0.29) is 6.04 Å². The topological polar surface area (TPSA) is 47.0 Å². The molecule has 1 aromatic carbocycles. The van der Waals surface area contributed by atoms with Gasteiger partial charge in [0, 0.05) is 0 Å². The summed E-state index contributed by atoms with van der Waals surface area (Å²) < 4.78 is 5.21. The van der Waals surface area contributed by atoms with Gasteiger partial charge in [-0.1, -0.05) is 19.1 Å². The number of rotatable bonds is 5. The molecule has 0 aliphatic rings. The smallest absolute Gasteiger partial charge is 0.118 e. The molecule has 2 aromatic rings. The lowest BCUT2D eigenvalue weighted by atomic mass is 9.96. The van der Waals surface area contributed by atoms with Crippen molar-refractivity contribution in [2.75, 3.05) is 14.2 Å². The Kier molecular flexibility index (Phi) is 4.69. The first-order chi connectivity index (χ1) is 9.69. The van der Waals surface area contributed by atoms with Gasteiger partial charge in [-0.25, -0.2) is 0 Å². The van der Waals surface area contributed by atoms with Gasteiger partial charge in [-0.05, 0) is 49.7 Å². The summed E-state index contributed by atoms with van der Waals surface area (Å²) >= 11 is 0. The van der Waals surface area contributed by atoms with Crippen molar-refractivity contribution in [3.63, 3.8) is 0 Å². The van der Waals surface area contributed by atoms with E-state index in [9.17, 15) is 0 Å². The minimum Gasteiger partial charge on any atom is -0.497 e. The molecular formula is C16H21N3O. The molecule has 1 heterocycles. The number of aromatic nitrogens is 2. The van der Waals surface area contributed by atoms with Gasteiger partial charge in [0.1, 0.15) is 5.75 Å². The highest BCUT2D eigenvalue weighted by Crippen LogP contribution is 2.26. The van der Waals surface area contributed by atoms with Gasteiger partial charge in [0.2, 0.25) is 0 Å². The standard InChI is InChI=1S/C16H21N3O/c1-5-15-14(10-11(2)18-19-15)16(17-3)12-6-8-13(20-4)9-7-12/h6-10,16-17H,5H2,1-4H3. The number of nitrogens with one attached hydrogen (secondary N) is 1. The molecule has 0 fully saturated rings. The third-order valence-electron chi connectivity index (χ3n) is 3.41. The first-order valence-corrected chi connectivity index (χ1v) is 6.83. The van der Waals surface area contributed by atoms with Crippen LogP contribution >= 0.6 is 0 Å². The van der Waals surface area contributed by atoms with Crippen molar-refractivity contribution in [3.8, 4) is 5.75 Å². The van der Waals surface area contributed by atoms with Crippen LogP contribution in [0.1, 0.15) is 35.5 Å². The van der Waals surface area contributed by atoms with Crippen molar-refractivity contribution in [3.05, 3.63) is 52.8 Å². The number of hydrogen-bond acceptors (Lipinski definition) is 4. The number of nitrogens with zero attached hydrogens (tertiary/aromatic N) is 2. The van der Waals surface area contributed by atoms with Gasteiger partial charge in [0.15, 0.2) is 0 Å². The second kappa shape index (κ2) is 6.48. The molecule has 106 valence electrons. The zero-order chi connectivity index (χ0) is 14.5. The Morgan fingerprint density at radius 1 is 1.20 bits per heavy atom. The minimum atomic E-state index is 0.116. The Morgan fingerprint density at radius 2 is 1.90 bits per heavy atom. The fourth-order valence-corrected chi connectivity index (χ4v) is 2.36. The van der Waals surface area contributed by atoms with Crippen LogP contribution in [0.2, 0.25) is 0 Å². The van der Waals surface area contributed by atoms with Crippen LogP contribution in [0, 0.1) is 6.92 Å². The van der Waals surface area contributed by atoms with Gasteiger partial charge in [-0.2, -0.15) is 10.2 Å². The van der Waals surface area contributed by atoms with Crippen molar-refractivity contribution in [2.24, 2.45) is 0 Å². The zero-order valence-electron chi connectivity index (χ0n) is 12.5. The van der Waals surface area contributed by atoms with E-state index in [0.29, 0.717) is 0 Å². The van der Waals surface area contributed by atoms with Crippen LogP contribution in [-0.4, -0.2) is 24.4 Å². The summed E-state index contributed by atoms with van der Waals surface area (Å²) in [5, 5.41) is 11.8. The fourth-order valence-electron chi connectivity index (χ4n) is 2.36. The predicted molar refractivity (Wildman–Crippen MR) is 80.0 cm³/mol. The molecule has 0 radical (unpaired) electrons. The van der Waals surface area contributed by atoms with E-state index in [1.807, 2.05) is 26.1 Å². The average Bonchev–Trinajstić information content (AvgIpc) is 2.49. The van der Waals surface area contributed by atoms with Crippen LogP contribution in [0.3, 0.4) is 0 Å². The van der Waals surface area contributed by atoms with E-state index < -0.39 is 0 Å². The summed E-state index contributed by atoms with van der Waals surface area (Å²) in [6.07, 6.45) is 0.872. The van der Waals surface area contributed by atoms with Crippen molar-refractivity contribution in [1.29, 1.82) is 0 Å². The molecule has 0 saturated carbocycles. The molecule has 0 saturated heterocycles. The minimum absolute atomic E-state index is 0.116. The van der Waals surface area contributed by atoms with Crippen LogP contribution in [-0.2, 0) is 6.42 Å². The molecule has 0 amide bonds. The van der Waals surface area contributed by atoms with E-state index in [0.717, 1.165) is 23.6 Å². The number of aryl methyl sites for hydroxylation is 2. The highest BCUT2D eigenvalue weighted by atomic mass is 16.5. The molecule has 1 atom stereocenters. The lowest BCUT2D eigenvalue weighted by molar-refractivity contribution is 0.414. The van der Waals surface area contributed by atoms with Crippen molar-refractivity contribution in [1.82, 2.24) is 15.5 Å². The molecule has 0 aliphatic carbocycles. The second-order valence-electron chi connectivity index (χ2n) is 4.74. The van der Waals surface area contributed by atoms with E-state index in [4.69, 9.17) is 4.74 Å². The maximum atomic E-state index is 5.21. The lowest BCUT2D eigenvalue weighted by Crippen LogP contribution is -2.20. The normalized spacial score (nSPS) is 12.2. The Labute approximate surface area is 120 Å². The molecule has 0 aliphatic heterocycles. The maximum Gasteiger partial charge on any atom is 0.118 e. The second-order valence-corrected chi connectivity index (χ2v) is 4.74. The fraction of sp³-hybridized carbons (Fsp3) is 0.375. The van der Waals surface area contributed by atoms with Gasteiger partial charge in [-0.3, -0.25) is 0 Å². The molecule has 20 heavy (non-hydrogen) atoms. The van der Waals surface area contributed by atoms with Gasteiger partial charge >= 0.3 is 0 Å². The largest absolute Gasteiger partial charge is 0.497 e. The van der Waals surface area contributed by atoms with E-state index in [1.165, 1.54) is 11.1 Å². The summed E-state index contributed by atoms with van der Waals surface area (Å²) in [5.74, 6) is 0.864. The van der Waals surface area contributed by atoms with Gasteiger partial charge in [-0.15, -0.1) is 0 Å². The van der Waals surface area contributed by atoms with E-state index >= 15 is 0 Å². The quantitative estimate of drug-likeness (QED) is 0.908.